The van der Waals surface area contributed by atoms with E-state index >= 15 is 0 Å². The molecule has 0 saturated heterocycles. The minimum Gasteiger partial charge on any atom is -0.475 e. The average molecular weight is 266 g/mol. The highest BCUT2D eigenvalue weighted by Crippen LogP contribution is 2.42. The van der Waals surface area contributed by atoms with Gasteiger partial charge in [0, 0.05) is 24.6 Å². The molecule has 0 radical (unpaired) electrons. The number of nitrogens with zero attached hydrogens (tertiary/aromatic N) is 1. The smallest absolute Gasteiger partial charge is 0.213 e. The van der Waals surface area contributed by atoms with Crippen molar-refractivity contribution in [3.63, 3.8) is 0 Å². The van der Waals surface area contributed by atoms with Crippen molar-refractivity contribution in [2.45, 2.75) is 32.4 Å². The third-order valence-electron chi connectivity index (χ3n) is 3.83. The molecule has 1 aliphatic carbocycles. The molecule has 5 heteroatoms. The van der Waals surface area contributed by atoms with E-state index in [-0.39, 0.29) is 17.6 Å². The summed E-state index contributed by atoms with van der Waals surface area (Å²) in [4.78, 5) is 4.23. The molecule has 0 bridgehead atoms. The Labute approximate surface area is 114 Å². The largest absolute Gasteiger partial charge is 0.475 e. The number of pyridine rings is 1. The van der Waals surface area contributed by atoms with Gasteiger partial charge in [-0.3, -0.25) is 0 Å². The Kier molecular flexibility index (Phi) is 4.27. The summed E-state index contributed by atoms with van der Waals surface area (Å²) in [7, 11) is 1.64. The van der Waals surface area contributed by atoms with Gasteiger partial charge in [-0.15, -0.1) is 0 Å². The second-order valence-electron chi connectivity index (χ2n) is 5.50. The fourth-order valence-corrected chi connectivity index (χ4v) is 2.13. The second kappa shape index (κ2) is 5.75. The molecule has 2 N–H and O–H groups in total. The molecule has 2 rings (SSSR count). The van der Waals surface area contributed by atoms with E-state index in [0.717, 1.165) is 12.1 Å². The zero-order valence-electron chi connectivity index (χ0n) is 11.7. The van der Waals surface area contributed by atoms with Crippen LogP contribution in [0.1, 0.15) is 20.3 Å². The van der Waals surface area contributed by atoms with Gasteiger partial charge in [-0.25, -0.2) is 4.98 Å². The van der Waals surface area contributed by atoms with E-state index in [9.17, 15) is 5.11 Å². The van der Waals surface area contributed by atoms with Crippen LogP contribution in [0, 0.1) is 5.41 Å². The van der Waals surface area contributed by atoms with Gasteiger partial charge >= 0.3 is 0 Å². The van der Waals surface area contributed by atoms with Gasteiger partial charge in [0.25, 0.3) is 0 Å². The quantitative estimate of drug-likeness (QED) is 0.767. The molecule has 1 aromatic rings. The molecular weight excluding hydrogens is 244 g/mol. The number of hydrogen-bond donors (Lipinski definition) is 2. The lowest BCUT2D eigenvalue weighted by Gasteiger charge is -2.49. The van der Waals surface area contributed by atoms with Crippen LogP contribution in [0.4, 0.5) is 5.69 Å². The van der Waals surface area contributed by atoms with Crippen molar-refractivity contribution in [3.8, 4) is 5.88 Å². The van der Waals surface area contributed by atoms with Crippen LogP contribution < -0.4 is 10.1 Å². The zero-order valence-corrected chi connectivity index (χ0v) is 11.7. The summed E-state index contributed by atoms with van der Waals surface area (Å²) in [5.74, 6) is 0.593. The van der Waals surface area contributed by atoms with Crippen LogP contribution in [0.3, 0.4) is 0 Å². The van der Waals surface area contributed by atoms with Crippen LogP contribution in [0.15, 0.2) is 18.3 Å². The van der Waals surface area contributed by atoms with E-state index in [1.54, 1.807) is 13.3 Å². The van der Waals surface area contributed by atoms with Gasteiger partial charge in [-0.1, -0.05) is 13.8 Å². The lowest BCUT2D eigenvalue weighted by atomic mass is 9.64. The van der Waals surface area contributed by atoms with E-state index in [1.807, 2.05) is 12.1 Å². The van der Waals surface area contributed by atoms with Gasteiger partial charge in [0.2, 0.25) is 5.88 Å². The normalized spacial score (nSPS) is 24.6. The minimum absolute atomic E-state index is 0.0896. The molecule has 106 valence electrons. The third kappa shape index (κ3) is 3.16. The standard InChI is InChI=1S/C14H22N2O3/c1-14(2)11(8-12(14)17)16-10-4-5-13(15-9-10)19-7-6-18-3/h4-5,9,11-12,16-17H,6-8H2,1-3H3. The van der Waals surface area contributed by atoms with Gasteiger partial charge < -0.3 is 19.9 Å². The van der Waals surface area contributed by atoms with Gasteiger partial charge in [0.15, 0.2) is 0 Å². The number of nitrogens with one attached hydrogen (secondary N) is 1. The van der Waals surface area contributed by atoms with Gasteiger partial charge in [-0.05, 0) is 12.5 Å². The number of hydrogen-bond acceptors (Lipinski definition) is 5. The lowest BCUT2D eigenvalue weighted by Crippen LogP contribution is -2.56. The van der Waals surface area contributed by atoms with E-state index in [0.29, 0.717) is 19.1 Å². The highest BCUT2D eigenvalue weighted by molar-refractivity contribution is 5.44. The van der Waals surface area contributed by atoms with Crippen molar-refractivity contribution in [1.29, 1.82) is 0 Å². The first-order chi connectivity index (χ1) is 9.04. The number of anilines is 1. The molecule has 2 unspecified atom stereocenters. The summed E-state index contributed by atoms with van der Waals surface area (Å²) in [6.07, 6.45) is 2.30. The van der Waals surface area contributed by atoms with Crippen LogP contribution in [0.5, 0.6) is 5.88 Å². The average Bonchev–Trinajstić information content (AvgIpc) is 2.40. The van der Waals surface area contributed by atoms with Crippen LogP contribution >= 0.6 is 0 Å². The Morgan fingerprint density at radius 2 is 2.21 bits per heavy atom. The van der Waals surface area contributed by atoms with Gasteiger partial charge in [0.05, 0.1) is 24.6 Å². The molecule has 1 aliphatic rings. The summed E-state index contributed by atoms with van der Waals surface area (Å²) in [5.41, 5.74) is 0.859. The molecular formula is C14H22N2O3. The van der Waals surface area contributed by atoms with E-state index < -0.39 is 0 Å². The number of methoxy groups -OCH3 is 1. The molecule has 1 heterocycles. The van der Waals surface area contributed by atoms with Crippen molar-refractivity contribution in [2.24, 2.45) is 5.41 Å². The van der Waals surface area contributed by atoms with E-state index in [2.05, 4.69) is 24.1 Å². The maximum atomic E-state index is 9.70. The predicted molar refractivity (Wildman–Crippen MR) is 73.4 cm³/mol. The van der Waals surface area contributed by atoms with E-state index in [1.165, 1.54) is 0 Å². The van der Waals surface area contributed by atoms with Crippen molar-refractivity contribution < 1.29 is 14.6 Å². The predicted octanol–water partition coefficient (Wildman–Crippen LogP) is 1.68. The fraction of sp³-hybridized carbons (Fsp3) is 0.643. The first-order valence-corrected chi connectivity index (χ1v) is 6.56. The van der Waals surface area contributed by atoms with E-state index in [4.69, 9.17) is 9.47 Å². The summed E-state index contributed by atoms with van der Waals surface area (Å²) in [6, 6.07) is 4.06. The SMILES string of the molecule is COCCOc1ccc(NC2CC(O)C2(C)C)cn1. The van der Waals surface area contributed by atoms with Crippen molar-refractivity contribution >= 4 is 5.69 Å². The highest BCUT2D eigenvalue weighted by atomic mass is 16.5. The summed E-state index contributed by atoms with van der Waals surface area (Å²) in [6.45, 7) is 5.18. The van der Waals surface area contributed by atoms with Crippen molar-refractivity contribution in [2.75, 3.05) is 25.6 Å². The topological polar surface area (TPSA) is 63.6 Å². The molecule has 5 nitrogen and oxygen atoms in total. The maximum absolute atomic E-state index is 9.70. The Morgan fingerprint density at radius 1 is 1.42 bits per heavy atom. The Bertz CT molecular complexity index is 406. The highest BCUT2D eigenvalue weighted by Gasteiger charge is 2.47. The molecule has 0 aliphatic heterocycles. The first kappa shape index (κ1) is 14.1. The molecule has 2 atom stereocenters. The first-order valence-electron chi connectivity index (χ1n) is 6.56. The number of rotatable bonds is 6. The third-order valence-corrected chi connectivity index (χ3v) is 3.83. The van der Waals surface area contributed by atoms with Gasteiger partial charge in [-0.2, -0.15) is 0 Å². The maximum Gasteiger partial charge on any atom is 0.213 e. The number of aliphatic hydroxyl groups is 1. The molecule has 0 spiro atoms. The number of aliphatic hydroxyl groups excluding tert-OH is 1. The zero-order chi connectivity index (χ0) is 13.9. The number of aromatic nitrogens is 1. The van der Waals surface area contributed by atoms with Crippen LogP contribution in [0.25, 0.3) is 0 Å². The monoisotopic (exact) mass is 266 g/mol. The molecule has 19 heavy (non-hydrogen) atoms. The summed E-state index contributed by atoms with van der Waals surface area (Å²) >= 11 is 0. The Balaban J connectivity index is 1.85. The molecule has 1 fully saturated rings. The minimum atomic E-state index is -0.227. The lowest BCUT2D eigenvalue weighted by molar-refractivity contribution is -0.0510. The second-order valence-corrected chi connectivity index (χ2v) is 5.50. The molecule has 1 aromatic heterocycles. The molecule has 0 aromatic carbocycles. The van der Waals surface area contributed by atoms with Crippen molar-refractivity contribution in [3.05, 3.63) is 18.3 Å². The molecule has 1 saturated carbocycles. The van der Waals surface area contributed by atoms with Crippen LogP contribution in [-0.2, 0) is 4.74 Å². The van der Waals surface area contributed by atoms with Crippen molar-refractivity contribution in [1.82, 2.24) is 4.98 Å². The van der Waals surface area contributed by atoms with Crippen LogP contribution in [0.2, 0.25) is 0 Å². The van der Waals surface area contributed by atoms with Gasteiger partial charge in [0.1, 0.15) is 6.61 Å². The Morgan fingerprint density at radius 3 is 2.74 bits per heavy atom. The fourth-order valence-electron chi connectivity index (χ4n) is 2.13. The Hall–Kier alpha value is -1.33. The van der Waals surface area contributed by atoms with Crippen LogP contribution in [-0.4, -0.2) is 42.6 Å². The summed E-state index contributed by atoms with van der Waals surface area (Å²) in [5, 5.41) is 13.1. The number of ether oxygens (including phenoxy) is 2. The summed E-state index contributed by atoms with van der Waals surface area (Å²) < 4.78 is 10.3. The molecule has 0 amide bonds.